The molecule has 1 aliphatic rings. The van der Waals surface area contributed by atoms with Crippen molar-refractivity contribution in [3.63, 3.8) is 0 Å². The number of hydrogen-bond acceptors (Lipinski definition) is 2. The number of rotatable bonds is 1. The number of hydrogen-bond donors (Lipinski definition) is 0. The van der Waals surface area contributed by atoms with Crippen molar-refractivity contribution in [2.24, 2.45) is 0 Å². The molecule has 0 spiro atoms. The van der Waals surface area contributed by atoms with Gasteiger partial charge in [-0.1, -0.05) is 6.58 Å². The zero-order chi connectivity index (χ0) is 8.69. The summed E-state index contributed by atoms with van der Waals surface area (Å²) in [5.41, 5.74) is 0.386. The van der Waals surface area contributed by atoms with E-state index in [1.807, 2.05) is 0 Å². The molecule has 1 fully saturated rings. The first kappa shape index (κ1) is 10.7. The average molecular weight is 177 g/mol. The van der Waals surface area contributed by atoms with E-state index in [-0.39, 0.29) is 0 Å². The first-order valence-corrected chi connectivity index (χ1v) is 3.95. The lowest BCUT2D eigenvalue weighted by atomic mass is 10.4. The Morgan fingerprint density at radius 1 is 1.45 bits per heavy atom. The highest BCUT2D eigenvalue weighted by atomic mass is 35.5. The fourth-order valence-electron chi connectivity index (χ4n) is 0.510. The van der Waals surface area contributed by atoms with E-state index in [4.69, 9.17) is 16.3 Å². The van der Waals surface area contributed by atoms with Crippen molar-refractivity contribution in [2.75, 3.05) is 13.2 Å². The number of halogens is 1. The van der Waals surface area contributed by atoms with Gasteiger partial charge in [-0.15, -0.1) is 0 Å². The highest BCUT2D eigenvalue weighted by molar-refractivity contribution is 6.67. The molecular weight excluding hydrogens is 164 g/mol. The molecule has 3 heteroatoms. The molecule has 0 aromatic heterocycles. The van der Waals surface area contributed by atoms with Crippen LogP contribution in [-0.2, 0) is 9.53 Å². The second-order valence-corrected chi connectivity index (χ2v) is 2.72. The van der Waals surface area contributed by atoms with Crippen molar-refractivity contribution < 1.29 is 9.53 Å². The van der Waals surface area contributed by atoms with Gasteiger partial charge in [-0.2, -0.15) is 0 Å². The van der Waals surface area contributed by atoms with E-state index in [0.717, 1.165) is 13.2 Å². The summed E-state index contributed by atoms with van der Waals surface area (Å²) in [6.07, 6.45) is 2.56. The van der Waals surface area contributed by atoms with E-state index in [9.17, 15) is 4.79 Å². The highest BCUT2D eigenvalue weighted by Gasteiger charge is 1.94. The van der Waals surface area contributed by atoms with E-state index in [1.54, 1.807) is 6.92 Å². The Balaban J connectivity index is 0.000000183. The second-order valence-electron chi connectivity index (χ2n) is 2.37. The molecular formula is C8H13ClO2. The predicted molar refractivity (Wildman–Crippen MR) is 45.7 cm³/mol. The summed E-state index contributed by atoms with van der Waals surface area (Å²) >= 11 is 4.87. The largest absolute Gasteiger partial charge is 0.381 e. The number of carbonyl (C=O) groups excluding carboxylic acids is 1. The fraction of sp³-hybridized carbons (Fsp3) is 0.625. The van der Waals surface area contributed by atoms with Gasteiger partial charge >= 0.3 is 0 Å². The summed E-state index contributed by atoms with van der Waals surface area (Å²) in [5.74, 6) is 0. The van der Waals surface area contributed by atoms with E-state index in [2.05, 4.69) is 6.58 Å². The Morgan fingerprint density at radius 2 is 1.82 bits per heavy atom. The molecule has 0 unspecified atom stereocenters. The lowest BCUT2D eigenvalue weighted by Gasteiger charge is -1.77. The van der Waals surface area contributed by atoms with Crippen molar-refractivity contribution >= 4 is 16.8 Å². The third kappa shape index (κ3) is 7.56. The van der Waals surface area contributed by atoms with Crippen LogP contribution in [0, 0.1) is 0 Å². The molecule has 11 heavy (non-hydrogen) atoms. The fourth-order valence-corrected chi connectivity index (χ4v) is 0.510. The molecule has 0 aromatic carbocycles. The molecule has 1 heterocycles. The molecule has 0 atom stereocenters. The van der Waals surface area contributed by atoms with Gasteiger partial charge < -0.3 is 4.74 Å². The molecule has 1 rings (SSSR count). The maximum absolute atomic E-state index is 9.81. The smallest absolute Gasteiger partial charge is 0.247 e. The van der Waals surface area contributed by atoms with Crippen LogP contribution in [0.2, 0.25) is 0 Å². The van der Waals surface area contributed by atoms with Crippen LogP contribution in [-0.4, -0.2) is 18.5 Å². The van der Waals surface area contributed by atoms with Crippen LogP contribution in [0.15, 0.2) is 12.2 Å². The molecule has 64 valence electrons. The van der Waals surface area contributed by atoms with Gasteiger partial charge in [-0.05, 0) is 31.4 Å². The van der Waals surface area contributed by atoms with Gasteiger partial charge in [0, 0.05) is 18.8 Å². The SMILES string of the molecule is C1CCOC1.C=C(C)C(=O)Cl. The van der Waals surface area contributed by atoms with Crippen LogP contribution in [0.3, 0.4) is 0 Å². The first-order chi connectivity index (χ1) is 5.14. The minimum absolute atomic E-state index is 0.386. The van der Waals surface area contributed by atoms with E-state index in [0.29, 0.717) is 5.57 Å². The lowest BCUT2D eigenvalue weighted by molar-refractivity contribution is -0.108. The van der Waals surface area contributed by atoms with E-state index < -0.39 is 5.24 Å². The quantitative estimate of drug-likeness (QED) is 0.452. The maximum atomic E-state index is 9.81. The average Bonchev–Trinajstić information content (AvgIpc) is 2.41. The van der Waals surface area contributed by atoms with Crippen LogP contribution in [0.4, 0.5) is 0 Å². The predicted octanol–water partition coefficient (Wildman–Crippen LogP) is 2.12. The summed E-state index contributed by atoms with van der Waals surface area (Å²) in [5, 5.41) is -0.463. The number of ether oxygens (including phenoxy) is 1. The van der Waals surface area contributed by atoms with Gasteiger partial charge in [0.05, 0.1) is 0 Å². The monoisotopic (exact) mass is 176 g/mol. The minimum Gasteiger partial charge on any atom is -0.381 e. The highest BCUT2D eigenvalue weighted by Crippen LogP contribution is 1.98. The van der Waals surface area contributed by atoms with Crippen molar-refractivity contribution in [3.8, 4) is 0 Å². The molecule has 1 aliphatic heterocycles. The van der Waals surface area contributed by atoms with Crippen LogP contribution in [0.1, 0.15) is 19.8 Å². The first-order valence-electron chi connectivity index (χ1n) is 3.57. The summed E-state index contributed by atoms with van der Waals surface area (Å²) in [7, 11) is 0. The topological polar surface area (TPSA) is 26.3 Å². The maximum Gasteiger partial charge on any atom is 0.247 e. The van der Waals surface area contributed by atoms with Crippen LogP contribution >= 0.6 is 11.6 Å². The van der Waals surface area contributed by atoms with Gasteiger partial charge in [0.1, 0.15) is 0 Å². The van der Waals surface area contributed by atoms with Gasteiger partial charge in [0.25, 0.3) is 0 Å². The van der Waals surface area contributed by atoms with Crippen LogP contribution in [0.25, 0.3) is 0 Å². The number of allylic oxidation sites excluding steroid dienone is 1. The molecule has 0 aliphatic carbocycles. The van der Waals surface area contributed by atoms with E-state index in [1.165, 1.54) is 12.8 Å². The molecule has 0 amide bonds. The third-order valence-electron chi connectivity index (χ3n) is 1.16. The van der Waals surface area contributed by atoms with Gasteiger partial charge in [-0.25, -0.2) is 0 Å². The lowest BCUT2D eigenvalue weighted by Crippen LogP contribution is -1.81. The molecule has 0 N–H and O–H groups in total. The van der Waals surface area contributed by atoms with Gasteiger partial charge in [-0.3, -0.25) is 4.79 Å². The molecule has 2 nitrogen and oxygen atoms in total. The van der Waals surface area contributed by atoms with Crippen LogP contribution < -0.4 is 0 Å². The summed E-state index contributed by atoms with van der Waals surface area (Å²) in [6, 6.07) is 0. The van der Waals surface area contributed by atoms with Crippen molar-refractivity contribution in [1.82, 2.24) is 0 Å². The normalized spacial score (nSPS) is 15.1. The summed E-state index contributed by atoms with van der Waals surface area (Å²) < 4.78 is 4.94. The third-order valence-corrected chi connectivity index (χ3v) is 1.49. The minimum atomic E-state index is -0.463. The standard InChI is InChI=1S/C4H5ClO.C4H8O/c1-3(2)4(5)6;1-2-4-5-3-1/h1H2,2H3;1-4H2. The molecule has 0 bridgehead atoms. The van der Waals surface area contributed by atoms with Gasteiger partial charge in [0.15, 0.2) is 0 Å². The Kier molecular flexibility index (Phi) is 6.18. The number of carbonyl (C=O) groups is 1. The Hall–Kier alpha value is -0.340. The molecule has 1 saturated heterocycles. The van der Waals surface area contributed by atoms with E-state index >= 15 is 0 Å². The zero-order valence-electron chi connectivity index (χ0n) is 6.73. The summed E-state index contributed by atoms with van der Waals surface area (Å²) in [6.45, 7) is 6.84. The van der Waals surface area contributed by atoms with Crippen molar-refractivity contribution in [3.05, 3.63) is 12.2 Å². The Morgan fingerprint density at radius 3 is 1.91 bits per heavy atom. The summed E-state index contributed by atoms with van der Waals surface area (Å²) in [4.78, 5) is 9.81. The molecule has 0 aromatic rings. The van der Waals surface area contributed by atoms with Crippen molar-refractivity contribution in [1.29, 1.82) is 0 Å². The van der Waals surface area contributed by atoms with Gasteiger partial charge in [0.2, 0.25) is 5.24 Å². The Bertz CT molecular complexity index is 119. The molecule has 0 radical (unpaired) electrons. The Labute approximate surface area is 72.2 Å². The van der Waals surface area contributed by atoms with Crippen LogP contribution in [0.5, 0.6) is 0 Å². The second kappa shape index (κ2) is 6.38. The van der Waals surface area contributed by atoms with Crippen molar-refractivity contribution in [2.45, 2.75) is 19.8 Å². The molecule has 0 saturated carbocycles. The zero-order valence-corrected chi connectivity index (χ0v) is 7.49.